The summed E-state index contributed by atoms with van der Waals surface area (Å²) in [5, 5.41) is 9.11. The first-order valence-corrected chi connectivity index (χ1v) is 8.96. The summed E-state index contributed by atoms with van der Waals surface area (Å²) in [5.41, 5.74) is 0.756. The van der Waals surface area contributed by atoms with Gasteiger partial charge in [0.2, 0.25) is 10.0 Å². The van der Waals surface area contributed by atoms with E-state index in [1.807, 2.05) is 0 Å². The number of hydrogen-bond donors (Lipinski definition) is 2. The first-order valence-electron chi connectivity index (χ1n) is 7.07. The van der Waals surface area contributed by atoms with Gasteiger partial charge in [-0.25, -0.2) is 26.7 Å². The fourth-order valence-corrected chi connectivity index (χ4v) is 3.28. The number of benzene rings is 1. The Hall–Kier alpha value is -1.78. The lowest BCUT2D eigenvalue weighted by atomic mass is 10.1. The highest BCUT2D eigenvalue weighted by Crippen LogP contribution is 2.35. The lowest BCUT2D eigenvalue weighted by Gasteiger charge is -2.26. The van der Waals surface area contributed by atoms with Gasteiger partial charge in [0.25, 0.3) is 5.92 Å². The molecule has 10 heteroatoms. The Bertz CT molecular complexity index is 684. The molecule has 1 aliphatic heterocycles. The van der Waals surface area contributed by atoms with Crippen LogP contribution in [0.1, 0.15) is 5.56 Å². The first-order chi connectivity index (χ1) is 11.1. The van der Waals surface area contributed by atoms with E-state index in [2.05, 4.69) is 0 Å². The largest absolute Gasteiger partial charge is 0.465 e. The highest BCUT2D eigenvalue weighted by atomic mass is 32.2. The van der Waals surface area contributed by atoms with Gasteiger partial charge in [0.05, 0.1) is 19.5 Å². The Kier molecular flexibility index (Phi) is 5.41. The van der Waals surface area contributed by atoms with E-state index in [0.29, 0.717) is 4.90 Å². The number of carbonyl (C=O) groups is 1. The molecule has 0 aromatic heterocycles. The number of nitrogens with one attached hydrogen (secondary N) is 1. The Balaban J connectivity index is 2.08. The van der Waals surface area contributed by atoms with Crippen molar-refractivity contribution in [2.24, 2.45) is 0 Å². The van der Waals surface area contributed by atoms with Crippen molar-refractivity contribution >= 4 is 16.1 Å². The van der Waals surface area contributed by atoms with Gasteiger partial charge in [-0.2, -0.15) is 0 Å². The van der Waals surface area contributed by atoms with Gasteiger partial charge in [-0.15, -0.1) is 0 Å². The van der Waals surface area contributed by atoms with Crippen molar-refractivity contribution in [1.29, 1.82) is 0 Å². The van der Waals surface area contributed by atoms with Crippen LogP contribution in [-0.2, 0) is 21.4 Å². The number of alkyl halides is 2. The van der Waals surface area contributed by atoms with Crippen LogP contribution in [-0.4, -0.2) is 61.9 Å². The molecule has 0 saturated carbocycles. The van der Waals surface area contributed by atoms with E-state index in [4.69, 9.17) is 9.84 Å². The minimum atomic E-state index is -3.91. The summed E-state index contributed by atoms with van der Waals surface area (Å²) in [6.07, 6.45) is -0.811. The Labute approximate surface area is 138 Å². The molecule has 0 radical (unpaired) electrons. The molecule has 1 fully saturated rings. The standard InChI is InChI=1S/C14H18F2N2O5S/c1-24(21,22)17-11-7-18(13(19)20)12(14(11,15)16)9-23-8-10-5-3-2-4-6-10/h2-6,11-12,17H,7-9H2,1H3,(H,19,20)/t11-,12-/m1/s1. The lowest BCUT2D eigenvalue weighted by molar-refractivity contribution is -0.0728. The van der Waals surface area contributed by atoms with E-state index in [-0.39, 0.29) is 6.61 Å². The molecule has 2 atom stereocenters. The number of rotatable bonds is 6. The quantitative estimate of drug-likeness (QED) is 0.789. The molecule has 1 aliphatic rings. The second kappa shape index (κ2) is 6.99. The zero-order chi connectivity index (χ0) is 18.0. The second-order valence-electron chi connectivity index (χ2n) is 5.57. The summed E-state index contributed by atoms with van der Waals surface area (Å²) in [4.78, 5) is 11.7. The van der Waals surface area contributed by atoms with E-state index in [9.17, 15) is 22.0 Å². The Morgan fingerprint density at radius 3 is 2.58 bits per heavy atom. The third-order valence-corrected chi connectivity index (χ3v) is 4.37. The molecule has 1 saturated heterocycles. The minimum Gasteiger partial charge on any atom is -0.465 e. The van der Waals surface area contributed by atoms with Gasteiger partial charge < -0.3 is 9.84 Å². The summed E-state index contributed by atoms with van der Waals surface area (Å²) in [7, 11) is -3.91. The predicted molar refractivity (Wildman–Crippen MR) is 81.3 cm³/mol. The molecule has 2 N–H and O–H groups in total. The summed E-state index contributed by atoms with van der Waals surface area (Å²) in [6, 6.07) is 5.22. The number of likely N-dealkylation sites (tertiary alicyclic amines) is 1. The average Bonchev–Trinajstić information content (AvgIpc) is 2.71. The fourth-order valence-electron chi connectivity index (χ4n) is 2.54. The highest BCUT2D eigenvalue weighted by molar-refractivity contribution is 7.88. The van der Waals surface area contributed by atoms with Gasteiger partial charge >= 0.3 is 6.09 Å². The van der Waals surface area contributed by atoms with Crippen molar-refractivity contribution < 1.29 is 31.8 Å². The average molecular weight is 364 g/mol. The van der Waals surface area contributed by atoms with Crippen molar-refractivity contribution in [3.8, 4) is 0 Å². The molecule has 1 amide bonds. The number of carboxylic acid groups (broad SMARTS) is 1. The second-order valence-corrected chi connectivity index (χ2v) is 7.35. The van der Waals surface area contributed by atoms with Crippen LogP contribution in [0.2, 0.25) is 0 Å². The van der Waals surface area contributed by atoms with Crippen LogP contribution in [0.3, 0.4) is 0 Å². The molecular weight excluding hydrogens is 346 g/mol. The van der Waals surface area contributed by atoms with Crippen molar-refractivity contribution in [3.05, 3.63) is 35.9 Å². The van der Waals surface area contributed by atoms with Crippen LogP contribution in [0, 0.1) is 0 Å². The number of ether oxygens (including phenoxy) is 1. The van der Waals surface area contributed by atoms with Gasteiger partial charge in [-0.05, 0) is 5.56 Å². The predicted octanol–water partition coefficient (Wildman–Crippen LogP) is 1.12. The summed E-state index contributed by atoms with van der Waals surface area (Å²) in [6.45, 7) is -1.14. The van der Waals surface area contributed by atoms with E-state index >= 15 is 0 Å². The molecule has 1 aromatic carbocycles. The van der Waals surface area contributed by atoms with E-state index in [1.54, 1.807) is 35.1 Å². The number of hydrogen-bond acceptors (Lipinski definition) is 4. The molecule has 134 valence electrons. The van der Waals surface area contributed by atoms with Gasteiger partial charge in [-0.1, -0.05) is 30.3 Å². The van der Waals surface area contributed by atoms with Crippen molar-refractivity contribution in [3.63, 3.8) is 0 Å². The molecule has 2 rings (SSSR count). The number of halogens is 2. The van der Waals surface area contributed by atoms with Crippen LogP contribution >= 0.6 is 0 Å². The number of sulfonamides is 1. The summed E-state index contributed by atoms with van der Waals surface area (Å²) >= 11 is 0. The van der Waals surface area contributed by atoms with Crippen LogP contribution in [0.25, 0.3) is 0 Å². The molecule has 0 unspecified atom stereocenters. The molecular formula is C14H18F2N2O5S. The molecule has 0 aliphatic carbocycles. The van der Waals surface area contributed by atoms with Crippen molar-refractivity contribution in [2.45, 2.75) is 24.6 Å². The molecule has 1 heterocycles. The Morgan fingerprint density at radius 1 is 1.42 bits per heavy atom. The van der Waals surface area contributed by atoms with Gasteiger partial charge in [0.15, 0.2) is 0 Å². The molecule has 1 aromatic rings. The van der Waals surface area contributed by atoms with Crippen LogP contribution < -0.4 is 4.72 Å². The number of amides is 1. The maximum Gasteiger partial charge on any atom is 0.407 e. The van der Waals surface area contributed by atoms with Gasteiger partial charge in [0, 0.05) is 6.54 Å². The zero-order valence-corrected chi connectivity index (χ0v) is 13.7. The maximum atomic E-state index is 14.4. The molecule has 0 spiro atoms. The maximum absolute atomic E-state index is 14.4. The fraction of sp³-hybridized carbons (Fsp3) is 0.500. The molecule has 24 heavy (non-hydrogen) atoms. The SMILES string of the molecule is CS(=O)(=O)N[C@@H]1CN(C(=O)O)[C@H](COCc2ccccc2)C1(F)F. The number of nitrogens with zero attached hydrogens (tertiary/aromatic N) is 1. The zero-order valence-electron chi connectivity index (χ0n) is 12.9. The van der Waals surface area contributed by atoms with Crippen LogP contribution in [0.15, 0.2) is 30.3 Å². The Morgan fingerprint density at radius 2 is 2.04 bits per heavy atom. The smallest absolute Gasteiger partial charge is 0.407 e. The highest BCUT2D eigenvalue weighted by Gasteiger charge is 2.58. The monoisotopic (exact) mass is 364 g/mol. The topological polar surface area (TPSA) is 95.9 Å². The normalized spacial score (nSPS) is 23.4. The third-order valence-electron chi connectivity index (χ3n) is 3.65. The molecule has 0 bridgehead atoms. The van der Waals surface area contributed by atoms with Crippen molar-refractivity contribution in [1.82, 2.24) is 9.62 Å². The van der Waals surface area contributed by atoms with Gasteiger partial charge in [0.1, 0.15) is 12.1 Å². The summed E-state index contributed by atoms with van der Waals surface area (Å²) < 4.78 is 58.3. The first kappa shape index (κ1) is 18.6. The van der Waals surface area contributed by atoms with E-state index < -0.39 is 47.3 Å². The van der Waals surface area contributed by atoms with Crippen molar-refractivity contribution in [2.75, 3.05) is 19.4 Å². The minimum absolute atomic E-state index is 0.0467. The lowest BCUT2D eigenvalue weighted by Crippen LogP contribution is -2.50. The summed E-state index contributed by atoms with van der Waals surface area (Å²) in [5.74, 6) is -3.59. The van der Waals surface area contributed by atoms with Crippen LogP contribution in [0.5, 0.6) is 0 Å². The van der Waals surface area contributed by atoms with Gasteiger partial charge in [-0.3, -0.25) is 4.90 Å². The van der Waals surface area contributed by atoms with Crippen LogP contribution in [0.4, 0.5) is 13.6 Å². The van der Waals surface area contributed by atoms with E-state index in [1.165, 1.54) is 0 Å². The van der Waals surface area contributed by atoms with E-state index in [0.717, 1.165) is 11.8 Å². The third kappa shape index (κ3) is 4.40. The molecule has 7 nitrogen and oxygen atoms in total.